The van der Waals surface area contributed by atoms with Crippen LogP contribution in [0.2, 0.25) is 0 Å². The first-order chi connectivity index (χ1) is 11.5. The van der Waals surface area contributed by atoms with Gasteiger partial charge in [-0.1, -0.05) is 0 Å². The maximum absolute atomic E-state index is 11.2. The molecule has 2 aromatic rings. The summed E-state index contributed by atoms with van der Waals surface area (Å²) in [5, 5.41) is 9.21. The molecule has 1 saturated heterocycles. The van der Waals surface area contributed by atoms with Crippen LogP contribution in [-0.2, 0) is 0 Å². The normalized spacial score (nSPS) is 15.3. The van der Waals surface area contributed by atoms with Crippen molar-refractivity contribution in [3.8, 4) is 10.1 Å². The van der Waals surface area contributed by atoms with E-state index in [2.05, 4.69) is 26.7 Å². The van der Waals surface area contributed by atoms with Gasteiger partial charge in [-0.15, -0.1) is 0 Å². The van der Waals surface area contributed by atoms with Crippen molar-refractivity contribution in [2.45, 2.75) is 6.92 Å². The number of rotatable bonds is 3. The summed E-state index contributed by atoms with van der Waals surface area (Å²) >= 11 is -0.315. The molecule has 6 nitrogen and oxygen atoms in total. The van der Waals surface area contributed by atoms with Gasteiger partial charge in [-0.25, -0.2) is 0 Å². The summed E-state index contributed by atoms with van der Waals surface area (Å²) in [6.07, 6.45) is 0. The fourth-order valence-corrected chi connectivity index (χ4v) is 4.67. The third-order valence-electron chi connectivity index (χ3n) is 4.18. The quantitative estimate of drug-likeness (QED) is 0.644. The van der Waals surface area contributed by atoms with Crippen molar-refractivity contribution in [1.82, 2.24) is 9.88 Å². The first-order valence-corrected chi connectivity index (χ1v) is 9.37. The van der Waals surface area contributed by atoms with Crippen LogP contribution < -0.4 is 4.90 Å². The molecule has 24 heavy (non-hydrogen) atoms. The summed E-state index contributed by atoms with van der Waals surface area (Å²) < 4.78 is 1.18. The molecule has 0 radical (unpaired) electrons. The number of aromatic carboxylic acids is 1. The third kappa shape index (κ3) is 3.22. The number of aryl methyl sites for hydroxylation is 1. The Labute approximate surface area is 146 Å². The summed E-state index contributed by atoms with van der Waals surface area (Å²) in [5.74, 6) is -0.897. The number of carboxylic acids is 1. The minimum atomic E-state index is -0.897. The first kappa shape index (κ1) is 16.7. The Morgan fingerprint density at radius 1 is 1.33 bits per heavy atom. The van der Waals surface area contributed by atoms with Crippen LogP contribution in [0, 0.1) is 13.5 Å². The molecule has 0 atom stereocenters. The number of anilines is 1. The van der Waals surface area contributed by atoms with Crippen LogP contribution in [0.15, 0.2) is 18.2 Å². The van der Waals surface area contributed by atoms with E-state index in [0.717, 1.165) is 42.0 Å². The number of piperazine rings is 1. The number of likely N-dealkylation sites (N-methyl/N-ethyl adjacent to an activating group) is 1. The molecule has 1 fully saturated rings. The SMILES string of the molecule is [C-]#[N+]c1cc(-c2nc(C)c(C(=O)O)[se]2)ccc1N1CCN(C)CC1. The van der Waals surface area contributed by atoms with Gasteiger partial charge in [0.15, 0.2) is 0 Å². The van der Waals surface area contributed by atoms with Gasteiger partial charge < -0.3 is 0 Å². The Kier molecular flexibility index (Phi) is 4.72. The molecule has 7 heteroatoms. The molecule has 124 valence electrons. The summed E-state index contributed by atoms with van der Waals surface area (Å²) in [6, 6.07) is 5.78. The third-order valence-corrected chi connectivity index (χ3v) is 6.68. The zero-order valence-electron chi connectivity index (χ0n) is 13.6. The van der Waals surface area contributed by atoms with Gasteiger partial charge in [0.25, 0.3) is 0 Å². The van der Waals surface area contributed by atoms with Gasteiger partial charge in [-0.3, -0.25) is 0 Å². The molecular formula is C17H18N4O2Se. The molecule has 0 saturated carbocycles. The van der Waals surface area contributed by atoms with E-state index in [1.807, 2.05) is 18.2 Å². The van der Waals surface area contributed by atoms with Gasteiger partial charge in [0, 0.05) is 0 Å². The standard InChI is InChI=1S/C17H18N4O2Se/c1-11-15(17(22)23)24-16(19-11)12-4-5-14(13(10-12)18-2)21-8-6-20(3)7-9-21/h4-5,10H,6-9H2,1,3H3,(H,22,23). The van der Waals surface area contributed by atoms with Gasteiger partial charge in [0.1, 0.15) is 0 Å². The number of benzene rings is 1. The Hall–Kier alpha value is -2.13. The molecule has 1 aromatic heterocycles. The zero-order chi connectivity index (χ0) is 17.3. The molecule has 0 amide bonds. The zero-order valence-corrected chi connectivity index (χ0v) is 15.3. The molecule has 0 bridgehead atoms. The van der Waals surface area contributed by atoms with Crippen molar-refractivity contribution in [3.05, 3.63) is 39.7 Å². The summed E-state index contributed by atoms with van der Waals surface area (Å²) in [4.78, 5) is 23.8. The van der Waals surface area contributed by atoms with E-state index in [0.29, 0.717) is 15.8 Å². The van der Waals surface area contributed by atoms with Crippen molar-refractivity contribution in [3.63, 3.8) is 0 Å². The van der Waals surface area contributed by atoms with E-state index in [9.17, 15) is 9.90 Å². The molecule has 1 aromatic carbocycles. The molecule has 0 aliphatic carbocycles. The van der Waals surface area contributed by atoms with Crippen molar-refractivity contribution in [2.24, 2.45) is 0 Å². The van der Waals surface area contributed by atoms with E-state index in [-0.39, 0.29) is 14.5 Å². The molecule has 1 N–H and O–H groups in total. The van der Waals surface area contributed by atoms with Crippen molar-refractivity contribution < 1.29 is 9.90 Å². The average molecular weight is 389 g/mol. The summed E-state index contributed by atoms with van der Waals surface area (Å²) in [7, 11) is 2.10. The van der Waals surface area contributed by atoms with Crippen LogP contribution in [0.25, 0.3) is 15.0 Å². The van der Waals surface area contributed by atoms with E-state index in [4.69, 9.17) is 6.57 Å². The number of carbonyl (C=O) groups is 1. The summed E-state index contributed by atoms with van der Waals surface area (Å²) in [5.41, 5.74) is 2.99. The Morgan fingerprint density at radius 3 is 2.62 bits per heavy atom. The van der Waals surface area contributed by atoms with Gasteiger partial charge >= 0.3 is 147 Å². The number of carboxylic acid groups (broad SMARTS) is 1. The topological polar surface area (TPSA) is 61.0 Å². The predicted molar refractivity (Wildman–Crippen MR) is 94.3 cm³/mol. The van der Waals surface area contributed by atoms with Gasteiger partial charge in [0.2, 0.25) is 0 Å². The van der Waals surface area contributed by atoms with Crippen LogP contribution in [-0.4, -0.2) is 68.7 Å². The molecule has 1 aliphatic rings. The predicted octanol–water partition coefficient (Wildman–Crippen LogP) is 2.11. The summed E-state index contributed by atoms with van der Waals surface area (Å²) in [6.45, 7) is 13.0. The number of nitrogens with zero attached hydrogens (tertiary/aromatic N) is 4. The van der Waals surface area contributed by atoms with Gasteiger partial charge in [-0.05, 0) is 0 Å². The number of hydrogen-bond acceptors (Lipinski definition) is 4. The molecule has 0 unspecified atom stereocenters. The Bertz CT molecular complexity index is 816. The molecule has 1 aliphatic heterocycles. The van der Waals surface area contributed by atoms with E-state index in [1.165, 1.54) is 0 Å². The van der Waals surface area contributed by atoms with Crippen molar-refractivity contribution >= 4 is 31.8 Å². The number of hydrogen-bond donors (Lipinski definition) is 1. The fourth-order valence-electron chi connectivity index (χ4n) is 2.78. The van der Waals surface area contributed by atoms with E-state index in [1.54, 1.807) is 6.92 Å². The Morgan fingerprint density at radius 2 is 2.04 bits per heavy atom. The molecule has 3 rings (SSSR count). The molecule has 0 spiro atoms. The van der Waals surface area contributed by atoms with Gasteiger partial charge in [0.05, 0.1) is 0 Å². The van der Waals surface area contributed by atoms with E-state index < -0.39 is 5.97 Å². The molecule has 2 heterocycles. The van der Waals surface area contributed by atoms with Crippen molar-refractivity contribution in [1.29, 1.82) is 0 Å². The molecular weight excluding hydrogens is 371 g/mol. The maximum atomic E-state index is 11.2. The second-order valence-electron chi connectivity index (χ2n) is 5.84. The monoisotopic (exact) mass is 390 g/mol. The Balaban J connectivity index is 1.94. The average Bonchev–Trinajstić information content (AvgIpc) is 2.97. The second kappa shape index (κ2) is 6.78. The van der Waals surface area contributed by atoms with Crippen LogP contribution in [0.4, 0.5) is 11.4 Å². The van der Waals surface area contributed by atoms with E-state index >= 15 is 0 Å². The van der Waals surface area contributed by atoms with Crippen LogP contribution in [0.5, 0.6) is 0 Å². The number of aromatic nitrogens is 1. The van der Waals surface area contributed by atoms with Gasteiger partial charge in [-0.2, -0.15) is 0 Å². The first-order valence-electron chi connectivity index (χ1n) is 7.65. The minimum absolute atomic E-state index is 0.315. The van der Waals surface area contributed by atoms with Crippen molar-refractivity contribution in [2.75, 3.05) is 38.1 Å². The fraction of sp³-hybridized carbons (Fsp3) is 0.353. The second-order valence-corrected chi connectivity index (χ2v) is 7.94. The van der Waals surface area contributed by atoms with Crippen LogP contribution >= 0.6 is 0 Å². The van der Waals surface area contributed by atoms with Crippen LogP contribution in [0.1, 0.15) is 14.9 Å². The van der Waals surface area contributed by atoms with Crippen LogP contribution in [0.3, 0.4) is 0 Å².